The van der Waals surface area contributed by atoms with E-state index in [4.69, 9.17) is 4.84 Å². The van der Waals surface area contributed by atoms with E-state index in [2.05, 4.69) is 16.5 Å². The highest BCUT2D eigenvalue weighted by Gasteiger charge is 2.14. The van der Waals surface area contributed by atoms with Crippen molar-refractivity contribution in [3.05, 3.63) is 30.1 Å². The van der Waals surface area contributed by atoms with Crippen molar-refractivity contribution in [3.8, 4) is 0 Å². The summed E-state index contributed by atoms with van der Waals surface area (Å²) in [6, 6.07) is 4.52. The summed E-state index contributed by atoms with van der Waals surface area (Å²) in [4.78, 5) is 9.12. The highest BCUT2D eigenvalue weighted by atomic mass is 16.7. The zero-order chi connectivity index (χ0) is 8.23. The number of pyridine rings is 1. The Bertz CT molecular complexity index is 232. The molecule has 1 aromatic heterocycles. The lowest BCUT2D eigenvalue weighted by molar-refractivity contribution is 0.0882. The van der Waals surface area contributed by atoms with Gasteiger partial charge in [-0.15, -0.1) is 0 Å². The highest BCUT2D eigenvalue weighted by Crippen LogP contribution is 2.08. The lowest BCUT2D eigenvalue weighted by Gasteiger charge is -2.06. The molecular weight excluding hydrogens is 152 g/mol. The molecule has 0 radical (unpaired) electrons. The van der Waals surface area contributed by atoms with E-state index in [1.807, 2.05) is 12.3 Å². The summed E-state index contributed by atoms with van der Waals surface area (Å²) in [5.74, 6) is 0. The minimum absolute atomic E-state index is 0.467. The minimum atomic E-state index is 0.467. The molecule has 12 heavy (non-hydrogen) atoms. The normalized spacial score (nSPS) is 22.8. The van der Waals surface area contributed by atoms with Gasteiger partial charge in [0.1, 0.15) is 0 Å². The van der Waals surface area contributed by atoms with Crippen LogP contribution >= 0.6 is 0 Å². The fourth-order valence-corrected chi connectivity index (χ4v) is 1.38. The van der Waals surface area contributed by atoms with Gasteiger partial charge in [-0.25, -0.2) is 0 Å². The van der Waals surface area contributed by atoms with Gasteiger partial charge in [-0.05, 0) is 24.5 Å². The maximum atomic E-state index is 5.06. The van der Waals surface area contributed by atoms with Gasteiger partial charge < -0.3 is 4.84 Å². The third-order valence-electron chi connectivity index (χ3n) is 2.02. The molecule has 2 rings (SSSR count). The number of aromatic nitrogens is 1. The van der Waals surface area contributed by atoms with Crippen molar-refractivity contribution in [2.75, 3.05) is 6.61 Å². The molecule has 3 heteroatoms. The molecule has 1 aromatic rings. The van der Waals surface area contributed by atoms with Gasteiger partial charge in [0.05, 0.1) is 6.61 Å². The average Bonchev–Trinajstić information content (AvgIpc) is 2.59. The van der Waals surface area contributed by atoms with Crippen molar-refractivity contribution in [2.45, 2.75) is 18.9 Å². The molecule has 0 aromatic carbocycles. The molecule has 1 aliphatic heterocycles. The van der Waals surface area contributed by atoms with Gasteiger partial charge in [-0.1, -0.05) is 6.07 Å². The summed E-state index contributed by atoms with van der Waals surface area (Å²) in [5.41, 5.74) is 4.24. The Morgan fingerprint density at radius 3 is 3.33 bits per heavy atom. The van der Waals surface area contributed by atoms with Gasteiger partial charge in [0, 0.05) is 18.4 Å². The summed E-state index contributed by atoms with van der Waals surface area (Å²) < 4.78 is 0. The van der Waals surface area contributed by atoms with E-state index >= 15 is 0 Å². The standard InChI is InChI=1S/C9H12N2O/c1-2-8(7-10-4-1)6-9-3-5-12-11-9/h1-2,4,7,9,11H,3,5-6H2. The van der Waals surface area contributed by atoms with E-state index in [0.29, 0.717) is 6.04 Å². The van der Waals surface area contributed by atoms with Gasteiger partial charge in [0.15, 0.2) is 0 Å². The summed E-state index contributed by atoms with van der Waals surface area (Å²) in [6.07, 6.45) is 5.80. The second-order valence-corrected chi connectivity index (χ2v) is 3.02. The van der Waals surface area contributed by atoms with Crippen LogP contribution in [0.15, 0.2) is 24.5 Å². The molecule has 1 atom stereocenters. The molecule has 1 fully saturated rings. The number of hydrogen-bond acceptors (Lipinski definition) is 3. The smallest absolute Gasteiger partial charge is 0.0698 e. The van der Waals surface area contributed by atoms with Gasteiger partial charge in [0.2, 0.25) is 0 Å². The Kier molecular flexibility index (Phi) is 2.34. The van der Waals surface area contributed by atoms with Gasteiger partial charge in [-0.3, -0.25) is 4.98 Å². The molecule has 0 bridgehead atoms. The molecule has 0 spiro atoms. The first-order valence-corrected chi connectivity index (χ1v) is 4.21. The first kappa shape index (κ1) is 7.71. The molecule has 2 heterocycles. The molecule has 3 nitrogen and oxygen atoms in total. The minimum Gasteiger partial charge on any atom is -0.301 e. The highest BCUT2D eigenvalue weighted by molar-refractivity contribution is 5.10. The fourth-order valence-electron chi connectivity index (χ4n) is 1.38. The predicted molar refractivity (Wildman–Crippen MR) is 45.4 cm³/mol. The SMILES string of the molecule is c1cncc(CC2CCON2)c1. The van der Waals surface area contributed by atoms with Crippen LogP contribution in [0.3, 0.4) is 0 Å². The quantitative estimate of drug-likeness (QED) is 0.705. The van der Waals surface area contributed by atoms with E-state index < -0.39 is 0 Å². The Morgan fingerprint density at radius 1 is 1.67 bits per heavy atom. The second kappa shape index (κ2) is 3.65. The molecule has 1 unspecified atom stereocenters. The van der Waals surface area contributed by atoms with E-state index in [1.165, 1.54) is 5.56 Å². The van der Waals surface area contributed by atoms with Crippen molar-refractivity contribution in [3.63, 3.8) is 0 Å². The van der Waals surface area contributed by atoms with Crippen LogP contribution in [0.5, 0.6) is 0 Å². The van der Waals surface area contributed by atoms with E-state index in [0.717, 1.165) is 19.4 Å². The molecule has 0 aliphatic carbocycles. The number of hydroxylamine groups is 1. The number of hydrogen-bond donors (Lipinski definition) is 1. The Labute approximate surface area is 71.7 Å². The molecule has 1 aliphatic rings. The van der Waals surface area contributed by atoms with Crippen molar-refractivity contribution in [2.24, 2.45) is 0 Å². The first-order chi connectivity index (χ1) is 5.95. The van der Waals surface area contributed by atoms with Crippen LogP contribution in [0, 0.1) is 0 Å². The molecule has 1 saturated heterocycles. The summed E-state index contributed by atoms with van der Waals surface area (Å²) in [5, 5.41) is 0. The van der Waals surface area contributed by atoms with Crippen LogP contribution in [-0.2, 0) is 11.3 Å². The average molecular weight is 164 g/mol. The molecule has 0 saturated carbocycles. The predicted octanol–water partition coefficient (Wildman–Crippen LogP) is 0.918. The molecular formula is C9H12N2O. The zero-order valence-corrected chi connectivity index (χ0v) is 6.86. The lowest BCUT2D eigenvalue weighted by atomic mass is 10.1. The monoisotopic (exact) mass is 164 g/mol. The third-order valence-corrected chi connectivity index (χ3v) is 2.02. The number of nitrogens with one attached hydrogen (secondary N) is 1. The fraction of sp³-hybridized carbons (Fsp3) is 0.444. The Balaban J connectivity index is 1.94. The topological polar surface area (TPSA) is 34.1 Å². The third kappa shape index (κ3) is 1.81. The largest absolute Gasteiger partial charge is 0.301 e. The zero-order valence-electron chi connectivity index (χ0n) is 6.86. The summed E-state index contributed by atoms with van der Waals surface area (Å²) in [6.45, 7) is 0.824. The maximum Gasteiger partial charge on any atom is 0.0698 e. The van der Waals surface area contributed by atoms with Crippen molar-refractivity contribution in [1.82, 2.24) is 10.5 Å². The van der Waals surface area contributed by atoms with Gasteiger partial charge in [-0.2, -0.15) is 5.48 Å². The maximum absolute atomic E-state index is 5.06. The second-order valence-electron chi connectivity index (χ2n) is 3.02. The van der Waals surface area contributed by atoms with Crippen molar-refractivity contribution in [1.29, 1.82) is 0 Å². The lowest BCUT2D eigenvalue weighted by Crippen LogP contribution is -2.22. The number of rotatable bonds is 2. The van der Waals surface area contributed by atoms with Crippen LogP contribution in [0.4, 0.5) is 0 Å². The van der Waals surface area contributed by atoms with Crippen molar-refractivity contribution < 1.29 is 4.84 Å². The van der Waals surface area contributed by atoms with Crippen LogP contribution < -0.4 is 5.48 Å². The van der Waals surface area contributed by atoms with E-state index in [9.17, 15) is 0 Å². The Morgan fingerprint density at radius 2 is 2.67 bits per heavy atom. The van der Waals surface area contributed by atoms with Crippen LogP contribution in [-0.4, -0.2) is 17.6 Å². The van der Waals surface area contributed by atoms with E-state index in [1.54, 1.807) is 6.20 Å². The molecule has 1 N–H and O–H groups in total. The van der Waals surface area contributed by atoms with Crippen molar-refractivity contribution >= 4 is 0 Å². The molecule has 0 amide bonds. The summed E-state index contributed by atoms with van der Waals surface area (Å²) >= 11 is 0. The van der Waals surface area contributed by atoms with Crippen LogP contribution in [0.2, 0.25) is 0 Å². The van der Waals surface area contributed by atoms with Crippen LogP contribution in [0.25, 0.3) is 0 Å². The first-order valence-electron chi connectivity index (χ1n) is 4.21. The van der Waals surface area contributed by atoms with Gasteiger partial charge >= 0.3 is 0 Å². The van der Waals surface area contributed by atoms with Gasteiger partial charge in [0.25, 0.3) is 0 Å². The summed E-state index contributed by atoms with van der Waals surface area (Å²) in [7, 11) is 0. The van der Waals surface area contributed by atoms with E-state index in [-0.39, 0.29) is 0 Å². The van der Waals surface area contributed by atoms with Crippen LogP contribution in [0.1, 0.15) is 12.0 Å². The Hall–Kier alpha value is -0.930. The number of nitrogens with zero attached hydrogens (tertiary/aromatic N) is 1. The molecule has 64 valence electrons.